The van der Waals surface area contributed by atoms with E-state index in [1.165, 1.54) is 0 Å². The summed E-state index contributed by atoms with van der Waals surface area (Å²) in [7, 11) is 0. The Labute approximate surface area is 107 Å². The zero-order valence-corrected chi connectivity index (χ0v) is 10.6. The highest BCUT2D eigenvalue weighted by atomic mass is 16.6. The van der Waals surface area contributed by atoms with Crippen molar-refractivity contribution in [2.45, 2.75) is 19.8 Å². The minimum atomic E-state index is -0.149. The Kier molecular flexibility index (Phi) is 4.59. The van der Waals surface area contributed by atoms with E-state index in [4.69, 9.17) is 9.47 Å². The number of piperidine rings is 1. The van der Waals surface area contributed by atoms with Crippen molar-refractivity contribution in [2.24, 2.45) is 5.92 Å². The fourth-order valence-corrected chi connectivity index (χ4v) is 2.06. The Morgan fingerprint density at radius 1 is 1.28 bits per heavy atom. The molecule has 4 heteroatoms. The fraction of sp³-hybridized carbons (Fsp3) is 0.500. The fourth-order valence-electron chi connectivity index (χ4n) is 2.06. The summed E-state index contributed by atoms with van der Waals surface area (Å²) in [6.45, 7) is 4.23. The number of hydrogen-bond acceptors (Lipinski definition) is 4. The lowest BCUT2D eigenvalue weighted by Crippen LogP contribution is -2.33. The van der Waals surface area contributed by atoms with E-state index in [1.54, 1.807) is 6.07 Å². The summed E-state index contributed by atoms with van der Waals surface area (Å²) in [6, 6.07) is 7.29. The third kappa shape index (κ3) is 3.23. The van der Waals surface area contributed by atoms with E-state index in [1.807, 2.05) is 25.1 Å². The molecule has 0 bridgehead atoms. The van der Waals surface area contributed by atoms with Gasteiger partial charge < -0.3 is 14.8 Å². The van der Waals surface area contributed by atoms with Crippen LogP contribution in [0.5, 0.6) is 11.5 Å². The number of benzene rings is 1. The van der Waals surface area contributed by atoms with Crippen LogP contribution in [0.4, 0.5) is 0 Å². The zero-order valence-electron chi connectivity index (χ0n) is 10.6. The Balaban J connectivity index is 2.01. The van der Waals surface area contributed by atoms with Crippen LogP contribution < -0.4 is 14.8 Å². The molecule has 2 rings (SSSR count). The lowest BCUT2D eigenvalue weighted by Gasteiger charge is -2.21. The molecule has 18 heavy (non-hydrogen) atoms. The van der Waals surface area contributed by atoms with Crippen molar-refractivity contribution in [2.75, 3.05) is 19.7 Å². The van der Waals surface area contributed by atoms with Crippen molar-refractivity contribution < 1.29 is 14.3 Å². The van der Waals surface area contributed by atoms with E-state index >= 15 is 0 Å². The maximum absolute atomic E-state index is 12.0. The predicted octanol–water partition coefficient (Wildman–Crippen LogP) is 1.99. The molecule has 0 aliphatic carbocycles. The summed E-state index contributed by atoms with van der Waals surface area (Å²) >= 11 is 0. The van der Waals surface area contributed by atoms with Crippen molar-refractivity contribution in [3.8, 4) is 11.5 Å². The van der Waals surface area contributed by atoms with Gasteiger partial charge in [-0.3, -0.25) is 4.79 Å². The second-order valence-electron chi connectivity index (χ2n) is 4.33. The number of carbonyl (C=O) groups excluding carboxylic acids is 1. The van der Waals surface area contributed by atoms with Crippen LogP contribution in [0.15, 0.2) is 24.3 Å². The van der Waals surface area contributed by atoms with Crippen LogP contribution in [0.1, 0.15) is 19.8 Å². The normalized spacial score (nSPS) is 16.3. The summed E-state index contributed by atoms with van der Waals surface area (Å²) < 4.78 is 10.9. The van der Waals surface area contributed by atoms with Crippen LogP contribution in [-0.4, -0.2) is 25.7 Å². The van der Waals surface area contributed by atoms with Crippen LogP contribution in [0.25, 0.3) is 0 Å². The molecule has 1 aromatic carbocycles. The smallest absolute Gasteiger partial charge is 0.314 e. The van der Waals surface area contributed by atoms with Crippen LogP contribution >= 0.6 is 0 Å². The zero-order chi connectivity index (χ0) is 12.8. The van der Waals surface area contributed by atoms with E-state index in [0.717, 1.165) is 25.9 Å². The van der Waals surface area contributed by atoms with Crippen molar-refractivity contribution >= 4 is 5.97 Å². The monoisotopic (exact) mass is 249 g/mol. The van der Waals surface area contributed by atoms with Gasteiger partial charge in [-0.2, -0.15) is 0 Å². The Hall–Kier alpha value is -1.55. The maximum atomic E-state index is 12.0. The Bertz CT molecular complexity index is 400. The third-order valence-corrected chi connectivity index (χ3v) is 3.03. The lowest BCUT2D eigenvalue weighted by atomic mass is 9.98. The molecule has 1 saturated heterocycles. The summed E-state index contributed by atoms with van der Waals surface area (Å²) in [5, 5.41) is 3.23. The molecule has 1 aliphatic rings. The first kappa shape index (κ1) is 12.9. The van der Waals surface area contributed by atoms with Crippen LogP contribution in [0.2, 0.25) is 0 Å². The van der Waals surface area contributed by atoms with Gasteiger partial charge in [-0.1, -0.05) is 12.1 Å². The number of ether oxygens (including phenoxy) is 2. The highest BCUT2D eigenvalue weighted by molar-refractivity contribution is 5.76. The van der Waals surface area contributed by atoms with E-state index in [9.17, 15) is 4.79 Å². The number of hydrogen-bond donors (Lipinski definition) is 1. The molecule has 0 radical (unpaired) electrons. The minimum absolute atomic E-state index is 0.000864. The first-order valence-electron chi connectivity index (χ1n) is 6.45. The largest absolute Gasteiger partial charge is 0.490 e. The van der Waals surface area contributed by atoms with Crippen molar-refractivity contribution in [1.29, 1.82) is 0 Å². The van der Waals surface area contributed by atoms with Gasteiger partial charge in [0.15, 0.2) is 11.5 Å². The van der Waals surface area contributed by atoms with Crippen LogP contribution in [0, 0.1) is 5.92 Å². The number of carbonyl (C=O) groups is 1. The molecular formula is C14H19NO3. The molecule has 4 nitrogen and oxygen atoms in total. The van der Waals surface area contributed by atoms with Gasteiger partial charge in [-0.15, -0.1) is 0 Å². The SMILES string of the molecule is CCOc1ccccc1OC(=O)C1CCNCC1. The van der Waals surface area contributed by atoms with Gasteiger partial charge in [0.1, 0.15) is 0 Å². The van der Waals surface area contributed by atoms with Crippen LogP contribution in [-0.2, 0) is 4.79 Å². The van der Waals surface area contributed by atoms with Gasteiger partial charge >= 0.3 is 5.97 Å². The van der Waals surface area contributed by atoms with Crippen molar-refractivity contribution in [3.05, 3.63) is 24.3 Å². The molecule has 1 aromatic rings. The molecule has 0 amide bonds. The van der Waals surface area contributed by atoms with Gasteiger partial charge in [-0.05, 0) is 45.0 Å². The number of esters is 1. The van der Waals surface area contributed by atoms with E-state index in [0.29, 0.717) is 18.1 Å². The summed E-state index contributed by atoms with van der Waals surface area (Å²) in [5.41, 5.74) is 0. The average Bonchev–Trinajstić information content (AvgIpc) is 2.42. The van der Waals surface area contributed by atoms with Gasteiger partial charge in [0.25, 0.3) is 0 Å². The number of para-hydroxylation sites is 2. The van der Waals surface area contributed by atoms with Gasteiger partial charge in [0, 0.05) is 0 Å². The molecule has 0 spiro atoms. The average molecular weight is 249 g/mol. The first-order chi connectivity index (χ1) is 8.81. The second-order valence-corrected chi connectivity index (χ2v) is 4.33. The van der Waals surface area contributed by atoms with Gasteiger partial charge in [-0.25, -0.2) is 0 Å². The van der Waals surface area contributed by atoms with Crippen LogP contribution in [0.3, 0.4) is 0 Å². The van der Waals surface area contributed by atoms with Gasteiger partial charge in [0.05, 0.1) is 12.5 Å². The third-order valence-electron chi connectivity index (χ3n) is 3.03. The maximum Gasteiger partial charge on any atom is 0.314 e. The molecule has 0 aromatic heterocycles. The number of rotatable bonds is 4. The highest BCUT2D eigenvalue weighted by Crippen LogP contribution is 2.28. The summed E-state index contributed by atoms with van der Waals surface area (Å²) in [4.78, 5) is 12.0. The van der Waals surface area contributed by atoms with E-state index in [2.05, 4.69) is 5.32 Å². The summed E-state index contributed by atoms with van der Waals surface area (Å²) in [6.07, 6.45) is 1.69. The molecule has 0 unspecified atom stereocenters. The summed E-state index contributed by atoms with van der Waals surface area (Å²) in [5.74, 6) is 0.995. The van der Waals surface area contributed by atoms with Crippen molar-refractivity contribution in [1.82, 2.24) is 5.32 Å². The quantitative estimate of drug-likeness (QED) is 0.655. The molecule has 0 saturated carbocycles. The van der Waals surface area contributed by atoms with Gasteiger partial charge in [0.2, 0.25) is 0 Å². The predicted molar refractivity (Wildman–Crippen MR) is 68.8 cm³/mol. The standard InChI is InChI=1S/C14H19NO3/c1-2-17-12-5-3-4-6-13(12)18-14(16)11-7-9-15-10-8-11/h3-6,11,15H,2,7-10H2,1H3. The topological polar surface area (TPSA) is 47.6 Å². The first-order valence-corrected chi connectivity index (χ1v) is 6.45. The molecular weight excluding hydrogens is 230 g/mol. The van der Waals surface area contributed by atoms with Crippen molar-refractivity contribution in [3.63, 3.8) is 0 Å². The minimum Gasteiger partial charge on any atom is -0.490 e. The molecule has 1 fully saturated rings. The molecule has 0 atom stereocenters. The Morgan fingerprint density at radius 3 is 2.61 bits per heavy atom. The Morgan fingerprint density at radius 2 is 1.94 bits per heavy atom. The molecule has 98 valence electrons. The van der Waals surface area contributed by atoms with E-state index < -0.39 is 0 Å². The van der Waals surface area contributed by atoms with E-state index in [-0.39, 0.29) is 11.9 Å². The lowest BCUT2D eigenvalue weighted by molar-refractivity contribution is -0.139. The molecule has 1 N–H and O–H groups in total. The molecule has 1 aliphatic heterocycles. The second kappa shape index (κ2) is 6.40. The number of nitrogens with one attached hydrogen (secondary N) is 1. The highest BCUT2D eigenvalue weighted by Gasteiger charge is 2.23. The molecule has 1 heterocycles.